The van der Waals surface area contributed by atoms with Crippen LogP contribution in [0.1, 0.15) is 51.1 Å². The Morgan fingerprint density at radius 1 is 1.20 bits per heavy atom. The number of halogens is 1. The Bertz CT molecular complexity index is 431. The summed E-state index contributed by atoms with van der Waals surface area (Å²) in [6.45, 7) is 5.66. The molecule has 2 nitrogen and oxygen atoms in total. The van der Waals surface area contributed by atoms with E-state index in [4.69, 9.17) is 11.6 Å². The molecule has 1 aromatic rings. The maximum absolute atomic E-state index is 6.00. The van der Waals surface area contributed by atoms with Crippen molar-refractivity contribution in [2.75, 3.05) is 6.54 Å². The van der Waals surface area contributed by atoms with Crippen molar-refractivity contribution in [1.29, 1.82) is 0 Å². The van der Waals surface area contributed by atoms with E-state index < -0.39 is 0 Å². The van der Waals surface area contributed by atoms with Crippen LogP contribution in [-0.2, 0) is 0 Å². The van der Waals surface area contributed by atoms with Gasteiger partial charge in [-0.2, -0.15) is 0 Å². The van der Waals surface area contributed by atoms with E-state index in [1.54, 1.807) is 0 Å². The second-order valence-corrected chi connectivity index (χ2v) is 6.72. The molecule has 0 radical (unpaired) electrons. The van der Waals surface area contributed by atoms with Crippen molar-refractivity contribution in [1.82, 2.24) is 10.2 Å². The smallest absolute Gasteiger partial charge is 0.0406 e. The molecule has 3 rings (SSSR count). The highest BCUT2D eigenvalue weighted by Crippen LogP contribution is 2.41. The highest BCUT2D eigenvalue weighted by atomic mass is 35.5. The van der Waals surface area contributed by atoms with Crippen molar-refractivity contribution < 1.29 is 0 Å². The predicted molar refractivity (Wildman–Crippen MR) is 85.2 cm³/mol. The highest BCUT2D eigenvalue weighted by molar-refractivity contribution is 6.30. The van der Waals surface area contributed by atoms with Crippen LogP contribution in [0, 0.1) is 0 Å². The number of piperidine rings is 1. The number of fused-ring (bicyclic) bond motifs is 2. The van der Waals surface area contributed by atoms with Gasteiger partial charge >= 0.3 is 0 Å². The lowest BCUT2D eigenvalue weighted by molar-refractivity contribution is 0.0775. The summed E-state index contributed by atoms with van der Waals surface area (Å²) in [6, 6.07) is 11.1. The minimum atomic E-state index is 0.507. The van der Waals surface area contributed by atoms with E-state index in [0.29, 0.717) is 6.04 Å². The van der Waals surface area contributed by atoms with Gasteiger partial charge in [0, 0.05) is 29.2 Å². The zero-order chi connectivity index (χ0) is 14.1. The van der Waals surface area contributed by atoms with Gasteiger partial charge < -0.3 is 5.32 Å². The Balaban J connectivity index is 1.73. The third-order valence-corrected chi connectivity index (χ3v) is 5.33. The molecule has 1 N–H and O–H groups in total. The molecule has 3 unspecified atom stereocenters. The maximum atomic E-state index is 6.00. The number of benzene rings is 1. The molecule has 2 saturated heterocycles. The molecular formula is C17H25ClN2. The number of rotatable bonds is 4. The summed E-state index contributed by atoms with van der Waals surface area (Å²) in [6.07, 6.45) is 5.35. The Hall–Kier alpha value is -0.570. The number of nitrogens with zero attached hydrogens (tertiary/aromatic N) is 1. The maximum Gasteiger partial charge on any atom is 0.0406 e. The summed E-state index contributed by atoms with van der Waals surface area (Å²) in [5.41, 5.74) is 1.40. The van der Waals surface area contributed by atoms with Crippen LogP contribution >= 0.6 is 11.6 Å². The molecule has 2 fully saturated rings. The summed E-state index contributed by atoms with van der Waals surface area (Å²) < 4.78 is 0. The molecule has 0 aromatic heterocycles. The van der Waals surface area contributed by atoms with Crippen LogP contribution in [0.25, 0.3) is 0 Å². The minimum Gasteiger partial charge on any atom is -0.314 e. The molecule has 110 valence electrons. The van der Waals surface area contributed by atoms with Crippen molar-refractivity contribution in [2.45, 2.75) is 63.7 Å². The average Bonchev–Trinajstić information content (AvgIpc) is 2.71. The lowest BCUT2D eigenvalue weighted by atomic mass is 9.93. The molecule has 2 aliphatic rings. The quantitative estimate of drug-likeness (QED) is 0.902. The van der Waals surface area contributed by atoms with Crippen molar-refractivity contribution in [3.8, 4) is 0 Å². The minimum absolute atomic E-state index is 0.507. The van der Waals surface area contributed by atoms with Gasteiger partial charge in [-0.3, -0.25) is 4.90 Å². The molecule has 2 aliphatic heterocycles. The molecule has 1 aromatic carbocycles. The van der Waals surface area contributed by atoms with Crippen molar-refractivity contribution >= 4 is 11.6 Å². The standard InChI is InChI=1S/C17H25ClN2/c1-3-19-15-10-16-8-9-17(11-15)20(16)12(2)13-4-6-14(18)7-5-13/h4-7,12,15-17,19H,3,8-11H2,1-2H3. The summed E-state index contributed by atoms with van der Waals surface area (Å²) in [7, 11) is 0. The molecule has 3 heteroatoms. The SMILES string of the molecule is CCNC1CC2CCC(C1)N2C(C)c1ccc(Cl)cc1. The van der Waals surface area contributed by atoms with Crippen LogP contribution in [0.15, 0.2) is 24.3 Å². The van der Waals surface area contributed by atoms with E-state index in [1.165, 1.54) is 31.2 Å². The van der Waals surface area contributed by atoms with Gasteiger partial charge in [-0.05, 0) is 56.8 Å². The monoisotopic (exact) mass is 292 g/mol. The Labute approximate surface area is 127 Å². The first-order chi connectivity index (χ1) is 9.69. The summed E-state index contributed by atoms with van der Waals surface area (Å²) >= 11 is 6.00. The van der Waals surface area contributed by atoms with Crippen LogP contribution in [0.4, 0.5) is 0 Å². The third kappa shape index (κ3) is 2.74. The van der Waals surface area contributed by atoms with Crippen molar-refractivity contribution in [3.63, 3.8) is 0 Å². The van der Waals surface area contributed by atoms with E-state index in [9.17, 15) is 0 Å². The molecule has 2 heterocycles. The fraction of sp³-hybridized carbons (Fsp3) is 0.647. The fourth-order valence-corrected chi connectivity index (χ4v) is 4.34. The molecule has 0 aliphatic carbocycles. The van der Waals surface area contributed by atoms with Crippen LogP contribution < -0.4 is 5.32 Å². The molecular weight excluding hydrogens is 268 g/mol. The summed E-state index contributed by atoms with van der Waals surface area (Å²) in [5.74, 6) is 0. The first-order valence-corrected chi connectivity index (χ1v) is 8.33. The molecule has 0 spiro atoms. The number of hydrogen-bond acceptors (Lipinski definition) is 2. The van der Waals surface area contributed by atoms with Crippen molar-refractivity contribution in [3.05, 3.63) is 34.9 Å². The van der Waals surface area contributed by atoms with E-state index in [2.05, 4.69) is 36.2 Å². The zero-order valence-electron chi connectivity index (χ0n) is 12.5. The van der Waals surface area contributed by atoms with Gasteiger partial charge in [-0.1, -0.05) is 30.7 Å². The van der Waals surface area contributed by atoms with Gasteiger partial charge in [0.2, 0.25) is 0 Å². The van der Waals surface area contributed by atoms with Gasteiger partial charge in [0.05, 0.1) is 0 Å². The lowest BCUT2D eigenvalue weighted by Gasteiger charge is -2.43. The molecule has 20 heavy (non-hydrogen) atoms. The van der Waals surface area contributed by atoms with Crippen LogP contribution in [0.3, 0.4) is 0 Å². The third-order valence-electron chi connectivity index (χ3n) is 5.08. The Morgan fingerprint density at radius 3 is 2.35 bits per heavy atom. The van der Waals surface area contributed by atoms with Crippen LogP contribution in [-0.4, -0.2) is 29.6 Å². The van der Waals surface area contributed by atoms with Crippen LogP contribution in [0.2, 0.25) is 5.02 Å². The topological polar surface area (TPSA) is 15.3 Å². The first-order valence-electron chi connectivity index (χ1n) is 7.95. The lowest BCUT2D eigenvalue weighted by Crippen LogP contribution is -2.49. The molecule has 0 amide bonds. The second-order valence-electron chi connectivity index (χ2n) is 6.29. The second kappa shape index (κ2) is 6.05. The van der Waals surface area contributed by atoms with E-state index in [-0.39, 0.29) is 0 Å². The normalized spacial score (nSPS) is 31.4. The first kappa shape index (κ1) is 14.4. The molecule has 3 atom stereocenters. The van der Waals surface area contributed by atoms with Gasteiger partial charge in [-0.15, -0.1) is 0 Å². The summed E-state index contributed by atoms with van der Waals surface area (Å²) in [5, 5.41) is 4.48. The van der Waals surface area contributed by atoms with Crippen molar-refractivity contribution in [2.24, 2.45) is 0 Å². The Morgan fingerprint density at radius 2 is 1.80 bits per heavy atom. The largest absolute Gasteiger partial charge is 0.314 e. The predicted octanol–water partition coefficient (Wildman–Crippen LogP) is 4.01. The van der Waals surface area contributed by atoms with E-state index in [0.717, 1.165) is 29.7 Å². The number of hydrogen-bond donors (Lipinski definition) is 1. The van der Waals surface area contributed by atoms with E-state index >= 15 is 0 Å². The van der Waals surface area contributed by atoms with Gasteiger partial charge in [-0.25, -0.2) is 0 Å². The van der Waals surface area contributed by atoms with Gasteiger partial charge in [0.25, 0.3) is 0 Å². The van der Waals surface area contributed by atoms with E-state index in [1.807, 2.05) is 12.1 Å². The number of nitrogens with one attached hydrogen (secondary N) is 1. The van der Waals surface area contributed by atoms with Gasteiger partial charge in [0.1, 0.15) is 0 Å². The Kier molecular flexibility index (Phi) is 4.34. The van der Waals surface area contributed by atoms with Gasteiger partial charge in [0.15, 0.2) is 0 Å². The molecule has 0 saturated carbocycles. The average molecular weight is 293 g/mol. The zero-order valence-corrected chi connectivity index (χ0v) is 13.2. The van der Waals surface area contributed by atoms with Crippen LogP contribution in [0.5, 0.6) is 0 Å². The summed E-state index contributed by atoms with van der Waals surface area (Å²) in [4.78, 5) is 2.76. The molecule has 2 bridgehead atoms. The highest BCUT2D eigenvalue weighted by Gasteiger charge is 2.42. The fourth-order valence-electron chi connectivity index (χ4n) is 4.21.